The van der Waals surface area contributed by atoms with Crippen molar-refractivity contribution in [3.05, 3.63) is 35.4 Å². The number of benzene rings is 1. The maximum absolute atomic E-state index is 11.3. The third-order valence-corrected chi connectivity index (χ3v) is 2.35. The summed E-state index contributed by atoms with van der Waals surface area (Å²) in [5.74, 6) is -0.117. The summed E-state index contributed by atoms with van der Waals surface area (Å²) in [6.07, 6.45) is 2.17. The molecule has 0 aliphatic carbocycles. The number of hydrogen-bond acceptors (Lipinski definition) is 3. The maximum Gasteiger partial charge on any atom is 0.243 e. The molecule has 0 unspecified atom stereocenters. The zero-order valence-electron chi connectivity index (χ0n) is 10.4. The lowest BCUT2D eigenvalue weighted by Crippen LogP contribution is -2.24. The van der Waals surface area contributed by atoms with E-state index in [9.17, 15) is 4.79 Å². The lowest BCUT2D eigenvalue weighted by molar-refractivity contribution is -0.144. The van der Waals surface area contributed by atoms with Gasteiger partial charge in [0.05, 0.1) is 0 Å². The van der Waals surface area contributed by atoms with Gasteiger partial charge in [-0.05, 0) is 25.3 Å². The number of rotatable bonds is 7. The van der Waals surface area contributed by atoms with Crippen LogP contribution in [0.1, 0.15) is 24.0 Å². The minimum absolute atomic E-state index is 0.0731. The lowest BCUT2D eigenvalue weighted by Gasteiger charge is -2.05. The van der Waals surface area contributed by atoms with Gasteiger partial charge in [-0.2, -0.15) is 0 Å². The SMILES string of the molecule is COCONC(=O)CCCc1ccc(C)cc1. The van der Waals surface area contributed by atoms with Crippen LogP contribution in [0.5, 0.6) is 0 Å². The number of aryl methyl sites for hydroxylation is 2. The first-order chi connectivity index (χ1) is 8.22. The van der Waals surface area contributed by atoms with Crippen molar-refractivity contribution in [1.29, 1.82) is 0 Å². The van der Waals surface area contributed by atoms with Gasteiger partial charge >= 0.3 is 0 Å². The van der Waals surface area contributed by atoms with E-state index in [1.807, 2.05) is 0 Å². The Balaban J connectivity index is 2.14. The largest absolute Gasteiger partial charge is 0.356 e. The molecule has 4 nitrogen and oxygen atoms in total. The number of hydroxylamine groups is 1. The van der Waals surface area contributed by atoms with E-state index in [4.69, 9.17) is 4.84 Å². The molecule has 0 saturated carbocycles. The topological polar surface area (TPSA) is 47.6 Å². The lowest BCUT2D eigenvalue weighted by atomic mass is 10.1. The van der Waals surface area contributed by atoms with E-state index < -0.39 is 0 Å². The van der Waals surface area contributed by atoms with E-state index in [1.54, 1.807) is 0 Å². The second-order valence-corrected chi connectivity index (χ2v) is 3.92. The smallest absolute Gasteiger partial charge is 0.243 e. The van der Waals surface area contributed by atoms with Gasteiger partial charge in [0.25, 0.3) is 0 Å². The average molecular weight is 237 g/mol. The molecule has 17 heavy (non-hydrogen) atoms. The zero-order valence-corrected chi connectivity index (χ0v) is 10.4. The molecule has 0 fully saturated rings. The molecule has 0 aliphatic heterocycles. The molecule has 1 aromatic rings. The quantitative estimate of drug-likeness (QED) is 0.448. The predicted molar refractivity (Wildman–Crippen MR) is 65.2 cm³/mol. The number of hydrogen-bond donors (Lipinski definition) is 1. The van der Waals surface area contributed by atoms with Gasteiger partial charge in [-0.1, -0.05) is 29.8 Å². The zero-order chi connectivity index (χ0) is 12.5. The standard InChI is InChI=1S/C13H19NO3/c1-11-6-8-12(9-7-11)4-3-5-13(15)14-17-10-16-2/h6-9H,3-5,10H2,1-2H3,(H,14,15). The van der Waals surface area contributed by atoms with Crippen molar-refractivity contribution >= 4 is 5.91 Å². The molecule has 1 rings (SSSR count). The molecule has 0 spiro atoms. The Morgan fingerprint density at radius 1 is 1.29 bits per heavy atom. The predicted octanol–water partition coefficient (Wildman–Crippen LogP) is 1.97. The third-order valence-electron chi connectivity index (χ3n) is 2.35. The highest BCUT2D eigenvalue weighted by Crippen LogP contribution is 2.07. The molecule has 1 amide bonds. The van der Waals surface area contributed by atoms with Crippen LogP contribution in [0.15, 0.2) is 24.3 Å². The fraction of sp³-hybridized carbons (Fsp3) is 0.462. The van der Waals surface area contributed by atoms with E-state index in [-0.39, 0.29) is 12.7 Å². The Bertz CT molecular complexity index is 335. The molecule has 1 aromatic carbocycles. The molecule has 1 N–H and O–H groups in total. The molecular weight excluding hydrogens is 218 g/mol. The van der Waals surface area contributed by atoms with Gasteiger partial charge in [0.1, 0.15) is 0 Å². The Hall–Kier alpha value is -1.39. The molecule has 0 radical (unpaired) electrons. The number of amides is 1. The van der Waals surface area contributed by atoms with Crippen molar-refractivity contribution in [2.75, 3.05) is 13.9 Å². The van der Waals surface area contributed by atoms with Crippen LogP contribution in [0, 0.1) is 6.92 Å². The molecule has 0 saturated heterocycles. The number of methoxy groups -OCH3 is 1. The first-order valence-electron chi connectivity index (χ1n) is 5.67. The Morgan fingerprint density at radius 2 is 2.00 bits per heavy atom. The normalized spacial score (nSPS) is 10.2. The molecule has 0 bridgehead atoms. The fourth-order valence-electron chi connectivity index (χ4n) is 1.43. The number of carbonyl (C=O) groups excluding carboxylic acids is 1. The van der Waals surface area contributed by atoms with Crippen LogP contribution >= 0.6 is 0 Å². The van der Waals surface area contributed by atoms with Crippen LogP contribution < -0.4 is 5.48 Å². The summed E-state index contributed by atoms with van der Waals surface area (Å²) < 4.78 is 4.64. The Kier molecular flexibility index (Phi) is 6.29. The molecule has 0 atom stereocenters. The van der Waals surface area contributed by atoms with Gasteiger partial charge < -0.3 is 4.74 Å². The summed E-state index contributed by atoms with van der Waals surface area (Å²) in [7, 11) is 1.50. The summed E-state index contributed by atoms with van der Waals surface area (Å²) >= 11 is 0. The second-order valence-electron chi connectivity index (χ2n) is 3.92. The first kappa shape index (κ1) is 13.7. The molecule has 94 valence electrons. The van der Waals surface area contributed by atoms with Gasteiger partial charge in [-0.15, -0.1) is 0 Å². The molecule has 0 heterocycles. The van der Waals surface area contributed by atoms with E-state index in [1.165, 1.54) is 18.2 Å². The van der Waals surface area contributed by atoms with E-state index in [0.717, 1.165) is 12.8 Å². The minimum Gasteiger partial charge on any atom is -0.356 e. The first-order valence-corrected chi connectivity index (χ1v) is 5.67. The van der Waals surface area contributed by atoms with Crippen molar-refractivity contribution in [3.63, 3.8) is 0 Å². The third kappa shape index (κ3) is 6.04. The minimum atomic E-state index is -0.117. The van der Waals surface area contributed by atoms with Crippen LogP contribution in [0.4, 0.5) is 0 Å². The number of carbonyl (C=O) groups is 1. The molecule has 4 heteroatoms. The molecule has 0 aliphatic rings. The second kappa shape index (κ2) is 7.81. The maximum atomic E-state index is 11.3. The monoisotopic (exact) mass is 237 g/mol. The Morgan fingerprint density at radius 3 is 2.65 bits per heavy atom. The number of ether oxygens (including phenoxy) is 1. The number of nitrogens with one attached hydrogen (secondary N) is 1. The summed E-state index contributed by atoms with van der Waals surface area (Å²) in [6, 6.07) is 8.34. The summed E-state index contributed by atoms with van der Waals surface area (Å²) in [5, 5.41) is 0. The van der Waals surface area contributed by atoms with Crippen LogP contribution in [0.25, 0.3) is 0 Å². The summed E-state index contributed by atoms with van der Waals surface area (Å²) in [5.41, 5.74) is 4.82. The highest BCUT2D eigenvalue weighted by Gasteiger charge is 2.01. The molecular formula is C13H19NO3. The summed E-state index contributed by atoms with van der Waals surface area (Å²) in [4.78, 5) is 16.0. The van der Waals surface area contributed by atoms with Crippen LogP contribution in [-0.4, -0.2) is 19.8 Å². The Labute approximate surface area is 102 Å². The average Bonchev–Trinajstić information content (AvgIpc) is 2.32. The van der Waals surface area contributed by atoms with Gasteiger partial charge in [0.15, 0.2) is 6.79 Å². The highest BCUT2D eigenvalue weighted by molar-refractivity contribution is 5.74. The molecule has 0 aromatic heterocycles. The van der Waals surface area contributed by atoms with Gasteiger partial charge in [0, 0.05) is 13.5 Å². The van der Waals surface area contributed by atoms with E-state index in [0.29, 0.717) is 6.42 Å². The van der Waals surface area contributed by atoms with Crippen molar-refractivity contribution < 1.29 is 14.4 Å². The van der Waals surface area contributed by atoms with Crippen molar-refractivity contribution in [1.82, 2.24) is 5.48 Å². The van der Waals surface area contributed by atoms with Crippen LogP contribution in [0.2, 0.25) is 0 Å². The summed E-state index contributed by atoms with van der Waals surface area (Å²) in [6.45, 7) is 2.13. The van der Waals surface area contributed by atoms with Crippen molar-refractivity contribution in [2.24, 2.45) is 0 Å². The van der Waals surface area contributed by atoms with E-state index in [2.05, 4.69) is 41.4 Å². The van der Waals surface area contributed by atoms with Gasteiger partial charge in [-0.3, -0.25) is 4.79 Å². The van der Waals surface area contributed by atoms with E-state index >= 15 is 0 Å². The highest BCUT2D eigenvalue weighted by atomic mass is 16.8. The van der Waals surface area contributed by atoms with Crippen LogP contribution in [-0.2, 0) is 20.8 Å². The van der Waals surface area contributed by atoms with Gasteiger partial charge in [0.2, 0.25) is 5.91 Å². The fourth-order valence-corrected chi connectivity index (χ4v) is 1.43. The van der Waals surface area contributed by atoms with Gasteiger partial charge in [-0.25, -0.2) is 10.3 Å². The van der Waals surface area contributed by atoms with Crippen molar-refractivity contribution in [2.45, 2.75) is 26.2 Å². The van der Waals surface area contributed by atoms with Crippen LogP contribution in [0.3, 0.4) is 0 Å². The van der Waals surface area contributed by atoms with Crippen molar-refractivity contribution in [3.8, 4) is 0 Å².